The van der Waals surface area contributed by atoms with Crippen LogP contribution in [0.15, 0.2) is 5.16 Å². The number of hydrogen-bond acceptors (Lipinski definition) is 7. The van der Waals surface area contributed by atoms with Crippen molar-refractivity contribution in [2.75, 3.05) is 11.5 Å². The van der Waals surface area contributed by atoms with Crippen LogP contribution in [0, 0.1) is 17.8 Å². The van der Waals surface area contributed by atoms with Crippen LogP contribution in [0.1, 0.15) is 39.5 Å². The molecular formula is C15H24N6OS. The van der Waals surface area contributed by atoms with E-state index >= 15 is 0 Å². The Labute approximate surface area is 140 Å². The van der Waals surface area contributed by atoms with E-state index in [0.29, 0.717) is 11.1 Å². The van der Waals surface area contributed by atoms with Gasteiger partial charge in [0.25, 0.3) is 0 Å². The Hall–Kier alpha value is -1.57. The number of nitrogen functional groups attached to an aromatic ring is 2. The van der Waals surface area contributed by atoms with E-state index in [1.54, 1.807) is 0 Å². The molecule has 0 saturated heterocycles. The highest BCUT2D eigenvalue weighted by Crippen LogP contribution is 2.49. The molecule has 3 rings (SSSR count). The van der Waals surface area contributed by atoms with Gasteiger partial charge < -0.3 is 16.8 Å². The van der Waals surface area contributed by atoms with Gasteiger partial charge in [-0.05, 0) is 50.9 Å². The van der Waals surface area contributed by atoms with Crippen molar-refractivity contribution in [1.29, 1.82) is 0 Å². The summed E-state index contributed by atoms with van der Waals surface area (Å²) >= 11 is 1.25. The molecule has 1 aromatic heterocycles. The monoisotopic (exact) mass is 336 g/mol. The Kier molecular flexibility index (Phi) is 4.61. The fraction of sp³-hybridized carbons (Fsp3) is 0.733. The second kappa shape index (κ2) is 6.51. The van der Waals surface area contributed by atoms with Crippen LogP contribution >= 0.6 is 11.8 Å². The number of fused-ring (bicyclic) bond motifs is 2. The molecule has 8 heteroatoms. The van der Waals surface area contributed by atoms with Crippen molar-refractivity contribution in [3.63, 3.8) is 0 Å². The molecule has 2 aliphatic carbocycles. The first-order valence-electron chi connectivity index (χ1n) is 8.16. The Bertz CT molecular complexity index is 577. The van der Waals surface area contributed by atoms with Gasteiger partial charge in [-0.3, -0.25) is 4.79 Å². The molecule has 0 spiro atoms. The van der Waals surface area contributed by atoms with Crippen molar-refractivity contribution in [3.05, 3.63) is 0 Å². The van der Waals surface area contributed by atoms with Crippen LogP contribution < -0.4 is 16.8 Å². The number of aromatic nitrogens is 3. The average molecular weight is 336 g/mol. The number of hydrogen-bond donors (Lipinski definition) is 3. The summed E-state index contributed by atoms with van der Waals surface area (Å²) in [5, 5.41) is 3.23. The predicted octanol–water partition coefficient (Wildman–Crippen LogP) is 1.46. The minimum Gasteiger partial charge on any atom is -0.368 e. The molecule has 1 heterocycles. The minimum atomic E-state index is -0.308. The third-order valence-electron chi connectivity index (χ3n) is 5.11. The molecule has 0 radical (unpaired) electrons. The largest absolute Gasteiger partial charge is 0.368 e. The normalized spacial score (nSPS) is 28.5. The van der Waals surface area contributed by atoms with E-state index in [-0.39, 0.29) is 29.1 Å². The SMILES string of the molecule is C[C@H](Sc1nc(N)nc(N)n1)C(=O)N[C@H](C)[C@H]1C[C@H]2CC[C@H]1C2. The Balaban J connectivity index is 1.55. The number of nitrogens with zero attached hydrogens (tertiary/aromatic N) is 3. The third-order valence-corrected chi connectivity index (χ3v) is 6.07. The molecule has 2 saturated carbocycles. The Morgan fingerprint density at radius 2 is 1.87 bits per heavy atom. The van der Waals surface area contributed by atoms with E-state index in [9.17, 15) is 4.79 Å². The summed E-state index contributed by atoms with van der Waals surface area (Å²) in [5.41, 5.74) is 11.1. The van der Waals surface area contributed by atoms with Gasteiger partial charge in [0, 0.05) is 6.04 Å². The first kappa shape index (κ1) is 16.3. The molecular weight excluding hydrogens is 312 g/mol. The van der Waals surface area contributed by atoms with E-state index in [1.807, 2.05) is 6.92 Å². The van der Waals surface area contributed by atoms with E-state index in [1.165, 1.54) is 37.4 Å². The van der Waals surface area contributed by atoms with Crippen LogP contribution in [0.25, 0.3) is 0 Å². The van der Waals surface area contributed by atoms with Crippen molar-refractivity contribution >= 4 is 29.6 Å². The van der Waals surface area contributed by atoms with Crippen molar-refractivity contribution < 1.29 is 4.79 Å². The molecule has 23 heavy (non-hydrogen) atoms. The molecule has 5 atom stereocenters. The molecule has 126 valence electrons. The van der Waals surface area contributed by atoms with E-state index in [2.05, 4.69) is 27.2 Å². The first-order chi connectivity index (χ1) is 10.9. The van der Waals surface area contributed by atoms with Crippen molar-refractivity contribution in [3.8, 4) is 0 Å². The van der Waals surface area contributed by atoms with E-state index in [0.717, 1.165) is 11.8 Å². The summed E-state index contributed by atoms with van der Waals surface area (Å²) < 4.78 is 0. The molecule has 2 fully saturated rings. The summed E-state index contributed by atoms with van der Waals surface area (Å²) in [6.45, 7) is 3.96. The van der Waals surface area contributed by atoms with Gasteiger partial charge in [-0.15, -0.1) is 0 Å². The van der Waals surface area contributed by atoms with Crippen molar-refractivity contribution in [2.45, 2.75) is 56.0 Å². The maximum absolute atomic E-state index is 12.4. The lowest BCUT2D eigenvalue weighted by Gasteiger charge is -2.29. The van der Waals surface area contributed by atoms with Gasteiger partial charge >= 0.3 is 0 Å². The number of carbonyl (C=O) groups excluding carboxylic acids is 1. The molecule has 0 unspecified atom stereocenters. The summed E-state index contributed by atoms with van der Waals surface area (Å²) in [5.74, 6) is 2.45. The number of rotatable bonds is 5. The number of nitrogens with two attached hydrogens (primary N) is 2. The highest BCUT2D eigenvalue weighted by molar-refractivity contribution is 8.00. The van der Waals surface area contributed by atoms with Gasteiger partial charge in [-0.1, -0.05) is 18.2 Å². The zero-order chi connectivity index (χ0) is 16.6. The standard InChI is InChI=1S/C15H24N6OS/c1-7(11-6-9-3-4-10(11)5-9)18-12(22)8(2)23-15-20-13(16)19-14(17)21-15/h7-11H,3-6H2,1-2H3,(H,18,22)(H4,16,17,19,20,21)/t7-,8+,9+,10+,11-/m1/s1. The number of anilines is 2. The fourth-order valence-corrected chi connectivity index (χ4v) is 4.79. The van der Waals surface area contributed by atoms with Gasteiger partial charge in [-0.2, -0.15) is 15.0 Å². The zero-order valence-electron chi connectivity index (χ0n) is 13.5. The summed E-state index contributed by atoms with van der Waals surface area (Å²) in [4.78, 5) is 24.2. The maximum Gasteiger partial charge on any atom is 0.233 e. The molecule has 0 aromatic carbocycles. The number of nitrogens with one attached hydrogen (secondary N) is 1. The lowest BCUT2D eigenvalue weighted by atomic mass is 9.84. The molecule has 2 aliphatic rings. The summed E-state index contributed by atoms with van der Waals surface area (Å²) in [7, 11) is 0. The Morgan fingerprint density at radius 3 is 2.43 bits per heavy atom. The number of amides is 1. The van der Waals surface area contributed by atoms with Crippen LogP contribution in [0.2, 0.25) is 0 Å². The second-order valence-corrected chi connectivity index (χ2v) is 8.04. The van der Waals surface area contributed by atoms with Crippen LogP contribution in [-0.2, 0) is 4.79 Å². The van der Waals surface area contributed by atoms with Crippen molar-refractivity contribution in [2.24, 2.45) is 17.8 Å². The third kappa shape index (κ3) is 3.68. The fourth-order valence-electron chi connectivity index (χ4n) is 4.01. The van der Waals surface area contributed by atoms with Gasteiger partial charge in [0.15, 0.2) is 5.16 Å². The smallest absolute Gasteiger partial charge is 0.233 e. The second-order valence-electron chi connectivity index (χ2n) is 6.73. The lowest BCUT2D eigenvalue weighted by molar-refractivity contribution is -0.121. The zero-order valence-corrected chi connectivity index (χ0v) is 14.3. The molecule has 1 amide bonds. The number of thioether (sulfide) groups is 1. The molecule has 7 nitrogen and oxygen atoms in total. The summed E-state index contributed by atoms with van der Waals surface area (Å²) in [6, 6.07) is 0.217. The Morgan fingerprint density at radius 1 is 1.17 bits per heavy atom. The van der Waals surface area contributed by atoms with Crippen LogP contribution in [0.5, 0.6) is 0 Å². The highest BCUT2D eigenvalue weighted by Gasteiger charge is 2.42. The van der Waals surface area contributed by atoms with Crippen molar-refractivity contribution in [1.82, 2.24) is 20.3 Å². The molecule has 2 bridgehead atoms. The first-order valence-corrected chi connectivity index (χ1v) is 9.04. The lowest BCUT2D eigenvalue weighted by Crippen LogP contribution is -2.43. The highest BCUT2D eigenvalue weighted by atomic mass is 32.2. The predicted molar refractivity (Wildman–Crippen MR) is 90.5 cm³/mol. The van der Waals surface area contributed by atoms with E-state index in [4.69, 9.17) is 11.5 Å². The minimum absolute atomic E-state index is 0.00262. The van der Waals surface area contributed by atoms with Gasteiger partial charge in [0.05, 0.1) is 5.25 Å². The van der Waals surface area contributed by atoms with E-state index < -0.39 is 0 Å². The number of carbonyl (C=O) groups is 1. The van der Waals surface area contributed by atoms with Gasteiger partial charge in [-0.25, -0.2) is 0 Å². The van der Waals surface area contributed by atoms with Gasteiger partial charge in [0.2, 0.25) is 17.8 Å². The summed E-state index contributed by atoms with van der Waals surface area (Å²) in [6.07, 6.45) is 5.30. The maximum atomic E-state index is 12.4. The average Bonchev–Trinajstić information content (AvgIpc) is 3.08. The molecule has 0 aliphatic heterocycles. The molecule has 5 N–H and O–H groups in total. The quantitative estimate of drug-likeness (QED) is 0.696. The van der Waals surface area contributed by atoms with Crippen LogP contribution in [0.3, 0.4) is 0 Å². The van der Waals surface area contributed by atoms with Crippen LogP contribution in [-0.4, -0.2) is 32.2 Å². The topological polar surface area (TPSA) is 120 Å². The van der Waals surface area contributed by atoms with Crippen LogP contribution in [0.4, 0.5) is 11.9 Å². The van der Waals surface area contributed by atoms with Gasteiger partial charge in [0.1, 0.15) is 0 Å². The molecule has 1 aromatic rings.